The van der Waals surface area contributed by atoms with Crippen molar-refractivity contribution in [3.63, 3.8) is 0 Å². The number of anilines is 2. The van der Waals surface area contributed by atoms with E-state index in [1.54, 1.807) is 6.20 Å². The molecule has 20 heavy (non-hydrogen) atoms. The van der Waals surface area contributed by atoms with Crippen LogP contribution in [0.1, 0.15) is 5.82 Å². The number of aromatic nitrogens is 2. The van der Waals surface area contributed by atoms with Crippen molar-refractivity contribution in [2.45, 2.75) is 6.54 Å². The van der Waals surface area contributed by atoms with E-state index in [1.165, 1.54) is 18.2 Å². The minimum atomic E-state index is -3.52. The molecule has 0 atom stereocenters. The van der Waals surface area contributed by atoms with E-state index in [0.29, 0.717) is 12.2 Å². The normalized spacial score (nSPS) is 11.3. The highest BCUT2D eigenvalue weighted by Gasteiger charge is 2.09. The Morgan fingerprint density at radius 1 is 1.40 bits per heavy atom. The van der Waals surface area contributed by atoms with Crippen LogP contribution in [-0.4, -0.2) is 24.2 Å². The molecule has 8 heteroatoms. The highest BCUT2D eigenvalue weighted by molar-refractivity contribution is 7.92. The summed E-state index contributed by atoms with van der Waals surface area (Å²) in [5, 5.41) is 3.06. The summed E-state index contributed by atoms with van der Waals surface area (Å²) in [6.07, 6.45) is 4.47. The average Bonchev–Trinajstić information content (AvgIpc) is 2.74. The molecular weight excluding hydrogens is 283 g/mol. The SMILES string of the molecule is Cn1ccnc1CNc1ccc(F)c(NS(C)(=O)=O)c1. The number of hydrogen-bond donors (Lipinski definition) is 2. The maximum Gasteiger partial charge on any atom is 0.229 e. The second-order valence-electron chi connectivity index (χ2n) is 4.38. The maximum atomic E-state index is 13.5. The molecule has 0 aliphatic rings. The summed E-state index contributed by atoms with van der Waals surface area (Å²) < 4.78 is 39.8. The van der Waals surface area contributed by atoms with Crippen molar-refractivity contribution in [1.29, 1.82) is 0 Å². The lowest BCUT2D eigenvalue weighted by molar-refractivity contribution is 0.604. The Hall–Kier alpha value is -2.09. The number of hydrogen-bond acceptors (Lipinski definition) is 4. The smallest absolute Gasteiger partial charge is 0.229 e. The zero-order valence-corrected chi connectivity index (χ0v) is 11.9. The van der Waals surface area contributed by atoms with E-state index in [2.05, 4.69) is 15.0 Å². The second-order valence-corrected chi connectivity index (χ2v) is 6.13. The Labute approximate surface area is 116 Å². The zero-order valence-electron chi connectivity index (χ0n) is 11.1. The molecule has 2 rings (SSSR count). The third-order valence-electron chi connectivity index (χ3n) is 2.63. The van der Waals surface area contributed by atoms with E-state index in [0.717, 1.165) is 12.1 Å². The quantitative estimate of drug-likeness (QED) is 0.878. The number of sulfonamides is 1. The lowest BCUT2D eigenvalue weighted by Gasteiger charge is -2.10. The molecule has 2 N–H and O–H groups in total. The van der Waals surface area contributed by atoms with Gasteiger partial charge in [0.15, 0.2) is 0 Å². The van der Waals surface area contributed by atoms with Crippen LogP contribution in [0.3, 0.4) is 0 Å². The predicted octanol–water partition coefficient (Wildman–Crippen LogP) is 1.54. The fourth-order valence-electron chi connectivity index (χ4n) is 1.66. The Balaban J connectivity index is 2.13. The van der Waals surface area contributed by atoms with Gasteiger partial charge in [0.25, 0.3) is 0 Å². The Morgan fingerprint density at radius 2 is 2.15 bits per heavy atom. The molecule has 0 spiro atoms. The first-order valence-corrected chi connectivity index (χ1v) is 7.72. The number of nitrogens with one attached hydrogen (secondary N) is 2. The van der Waals surface area contributed by atoms with Crippen molar-refractivity contribution in [2.24, 2.45) is 7.05 Å². The molecule has 0 saturated carbocycles. The molecule has 0 saturated heterocycles. The average molecular weight is 298 g/mol. The van der Waals surface area contributed by atoms with E-state index in [9.17, 15) is 12.8 Å². The number of imidazole rings is 1. The van der Waals surface area contributed by atoms with E-state index < -0.39 is 15.8 Å². The maximum absolute atomic E-state index is 13.5. The van der Waals surface area contributed by atoms with Crippen LogP contribution in [0.4, 0.5) is 15.8 Å². The summed E-state index contributed by atoms with van der Waals surface area (Å²) in [5.41, 5.74) is 0.512. The molecule has 0 bridgehead atoms. The number of nitrogens with zero attached hydrogens (tertiary/aromatic N) is 2. The van der Waals surface area contributed by atoms with Gasteiger partial charge < -0.3 is 9.88 Å². The first kappa shape index (κ1) is 14.3. The van der Waals surface area contributed by atoms with Gasteiger partial charge in [-0.15, -0.1) is 0 Å². The third-order valence-corrected chi connectivity index (χ3v) is 3.22. The van der Waals surface area contributed by atoms with Crippen molar-refractivity contribution in [2.75, 3.05) is 16.3 Å². The molecule has 0 amide bonds. The van der Waals surface area contributed by atoms with Crippen molar-refractivity contribution in [3.05, 3.63) is 42.2 Å². The standard InChI is InChI=1S/C12H15FN4O2S/c1-17-6-5-14-12(17)8-15-9-3-4-10(13)11(7-9)16-20(2,18)19/h3-7,15-16H,8H2,1-2H3. The molecule has 0 unspecified atom stereocenters. The molecule has 0 fully saturated rings. The molecule has 0 radical (unpaired) electrons. The molecule has 108 valence electrons. The van der Waals surface area contributed by atoms with Crippen LogP contribution in [0.15, 0.2) is 30.6 Å². The molecule has 2 aromatic rings. The van der Waals surface area contributed by atoms with Crippen LogP contribution < -0.4 is 10.0 Å². The van der Waals surface area contributed by atoms with Gasteiger partial charge in [0.2, 0.25) is 10.0 Å². The molecule has 0 aliphatic carbocycles. The molecule has 1 heterocycles. The minimum Gasteiger partial charge on any atom is -0.378 e. The molecular formula is C12H15FN4O2S. The highest BCUT2D eigenvalue weighted by Crippen LogP contribution is 2.20. The van der Waals surface area contributed by atoms with E-state index >= 15 is 0 Å². The number of rotatable bonds is 5. The summed E-state index contributed by atoms with van der Waals surface area (Å²) >= 11 is 0. The van der Waals surface area contributed by atoms with E-state index in [4.69, 9.17) is 0 Å². The van der Waals surface area contributed by atoms with Crippen LogP contribution >= 0.6 is 0 Å². The predicted molar refractivity (Wildman–Crippen MR) is 75.4 cm³/mol. The fourth-order valence-corrected chi connectivity index (χ4v) is 2.22. The largest absolute Gasteiger partial charge is 0.378 e. The summed E-state index contributed by atoms with van der Waals surface area (Å²) in [4.78, 5) is 4.15. The van der Waals surface area contributed by atoms with Crippen LogP contribution in [0.25, 0.3) is 0 Å². The van der Waals surface area contributed by atoms with Gasteiger partial charge in [0.1, 0.15) is 11.6 Å². The topological polar surface area (TPSA) is 76.0 Å². The minimum absolute atomic E-state index is 0.0858. The van der Waals surface area contributed by atoms with Gasteiger partial charge in [-0.2, -0.15) is 0 Å². The summed E-state index contributed by atoms with van der Waals surface area (Å²) in [7, 11) is -1.65. The Bertz CT molecular complexity index is 712. The van der Waals surface area contributed by atoms with Gasteiger partial charge >= 0.3 is 0 Å². The fraction of sp³-hybridized carbons (Fsp3) is 0.250. The van der Waals surface area contributed by atoms with Gasteiger partial charge in [0.05, 0.1) is 18.5 Å². The molecule has 0 aliphatic heterocycles. The zero-order chi connectivity index (χ0) is 14.8. The molecule has 6 nitrogen and oxygen atoms in total. The van der Waals surface area contributed by atoms with Crippen LogP contribution in [0.5, 0.6) is 0 Å². The first-order valence-electron chi connectivity index (χ1n) is 5.82. The monoisotopic (exact) mass is 298 g/mol. The van der Waals surface area contributed by atoms with Crippen LogP contribution in [0.2, 0.25) is 0 Å². The van der Waals surface area contributed by atoms with E-state index in [1.807, 2.05) is 17.8 Å². The summed E-state index contributed by atoms with van der Waals surface area (Å²) in [6.45, 7) is 0.452. The van der Waals surface area contributed by atoms with Crippen molar-refractivity contribution >= 4 is 21.4 Å². The number of aryl methyl sites for hydroxylation is 1. The second kappa shape index (κ2) is 5.49. The lowest BCUT2D eigenvalue weighted by Crippen LogP contribution is -2.11. The van der Waals surface area contributed by atoms with Gasteiger partial charge in [-0.3, -0.25) is 4.72 Å². The molecule has 1 aromatic heterocycles. The van der Waals surface area contributed by atoms with Crippen molar-refractivity contribution < 1.29 is 12.8 Å². The summed E-state index contributed by atoms with van der Waals surface area (Å²) in [6, 6.07) is 4.14. The number of benzene rings is 1. The van der Waals surface area contributed by atoms with Crippen molar-refractivity contribution in [3.8, 4) is 0 Å². The number of halogens is 1. The van der Waals surface area contributed by atoms with Gasteiger partial charge in [-0.1, -0.05) is 0 Å². The van der Waals surface area contributed by atoms with Crippen LogP contribution in [-0.2, 0) is 23.6 Å². The lowest BCUT2D eigenvalue weighted by atomic mass is 10.2. The van der Waals surface area contributed by atoms with E-state index in [-0.39, 0.29) is 5.69 Å². The van der Waals surface area contributed by atoms with Gasteiger partial charge in [-0.05, 0) is 18.2 Å². The van der Waals surface area contributed by atoms with Gasteiger partial charge in [0, 0.05) is 25.1 Å². The third kappa shape index (κ3) is 3.70. The van der Waals surface area contributed by atoms with Crippen molar-refractivity contribution in [1.82, 2.24) is 9.55 Å². The molecule has 1 aromatic carbocycles. The van der Waals surface area contributed by atoms with Gasteiger partial charge in [-0.25, -0.2) is 17.8 Å². The highest BCUT2D eigenvalue weighted by atomic mass is 32.2. The Kier molecular flexibility index (Phi) is 3.93. The summed E-state index contributed by atoms with van der Waals surface area (Å²) in [5.74, 6) is 0.185. The van der Waals surface area contributed by atoms with Crippen LogP contribution in [0, 0.1) is 5.82 Å². The first-order chi connectivity index (χ1) is 9.35. The Morgan fingerprint density at radius 3 is 2.75 bits per heavy atom.